The van der Waals surface area contributed by atoms with Gasteiger partial charge in [-0.25, -0.2) is 0 Å². The van der Waals surface area contributed by atoms with E-state index in [2.05, 4.69) is 21.5 Å². The summed E-state index contributed by atoms with van der Waals surface area (Å²) in [6.07, 6.45) is 0. The van der Waals surface area contributed by atoms with Crippen molar-refractivity contribution in [3.63, 3.8) is 0 Å². The summed E-state index contributed by atoms with van der Waals surface area (Å²) < 4.78 is 2.09. The van der Waals surface area contributed by atoms with E-state index < -0.39 is 0 Å². The Bertz CT molecular complexity index is 947. The van der Waals surface area contributed by atoms with E-state index in [4.69, 9.17) is 0 Å². The first-order valence-electron chi connectivity index (χ1n) is 5.86. The number of fused-ring (bicyclic) bond motifs is 5. The number of hydrogen-bond acceptors (Lipinski definition) is 1. The van der Waals surface area contributed by atoms with Crippen LogP contribution in [0.15, 0.2) is 59.4 Å². The molecule has 0 unspecified atom stereocenters. The fourth-order valence-corrected chi connectivity index (χ4v) is 2.55. The fraction of sp³-hybridized carbons (Fsp3) is 0. The number of para-hydroxylation sites is 2. The van der Waals surface area contributed by atoms with Crippen molar-refractivity contribution in [3.8, 4) is 0 Å². The summed E-state index contributed by atoms with van der Waals surface area (Å²) in [4.78, 5) is 14.9. The number of hydrogen-bond donors (Lipinski definition) is 1. The van der Waals surface area contributed by atoms with Crippen molar-refractivity contribution >= 4 is 27.5 Å². The van der Waals surface area contributed by atoms with Crippen LogP contribution in [-0.4, -0.2) is 9.38 Å². The van der Waals surface area contributed by atoms with E-state index in [9.17, 15) is 4.79 Å². The van der Waals surface area contributed by atoms with Crippen molar-refractivity contribution in [2.45, 2.75) is 0 Å². The second-order valence-corrected chi connectivity index (χ2v) is 4.40. The number of aromatic nitrogens is 2. The molecule has 0 radical (unpaired) electrons. The lowest BCUT2D eigenvalue weighted by molar-refractivity contribution is 1.20. The Labute approximate surface area is 102 Å². The second kappa shape index (κ2) is 3.23. The predicted molar refractivity (Wildman–Crippen MR) is 73.0 cm³/mol. The van der Waals surface area contributed by atoms with E-state index in [-0.39, 0.29) is 5.56 Å². The Balaban J connectivity index is 2.43. The molecule has 2 heterocycles. The zero-order valence-electron chi connectivity index (χ0n) is 9.55. The largest absolute Gasteiger partial charge is 0.308 e. The predicted octanol–water partition coefficient (Wildman–Crippen LogP) is 2.93. The zero-order valence-corrected chi connectivity index (χ0v) is 9.55. The van der Waals surface area contributed by atoms with Crippen LogP contribution in [0, 0.1) is 0 Å². The quantitative estimate of drug-likeness (QED) is 0.499. The number of aromatic amines is 1. The summed E-state index contributed by atoms with van der Waals surface area (Å²) in [5.74, 6) is 0. The molecule has 3 nitrogen and oxygen atoms in total. The summed E-state index contributed by atoms with van der Waals surface area (Å²) in [5.41, 5.74) is 2.85. The summed E-state index contributed by atoms with van der Waals surface area (Å²) in [5, 5.41) is 1.84. The lowest BCUT2D eigenvalue weighted by atomic mass is 10.2. The third kappa shape index (κ3) is 1.10. The highest BCUT2D eigenvalue weighted by atomic mass is 16.1. The topological polar surface area (TPSA) is 37.3 Å². The summed E-state index contributed by atoms with van der Waals surface area (Å²) in [7, 11) is 0. The molecule has 0 spiro atoms. The lowest BCUT2D eigenvalue weighted by Gasteiger charge is -2.03. The van der Waals surface area contributed by atoms with Crippen LogP contribution < -0.4 is 5.56 Å². The van der Waals surface area contributed by atoms with Crippen LogP contribution in [0.2, 0.25) is 0 Å². The first kappa shape index (κ1) is 9.48. The molecule has 0 aliphatic carbocycles. The van der Waals surface area contributed by atoms with Gasteiger partial charge < -0.3 is 4.98 Å². The Hall–Kier alpha value is -2.55. The first-order valence-corrected chi connectivity index (χ1v) is 5.86. The molecule has 18 heavy (non-hydrogen) atoms. The molecule has 0 aliphatic rings. The van der Waals surface area contributed by atoms with E-state index in [1.165, 1.54) is 0 Å². The number of nitrogens with one attached hydrogen (secondary N) is 1. The minimum absolute atomic E-state index is 0.0408. The zero-order chi connectivity index (χ0) is 12.1. The molecule has 1 N–H and O–H groups in total. The van der Waals surface area contributed by atoms with Gasteiger partial charge in [-0.15, -0.1) is 0 Å². The van der Waals surface area contributed by atoms with E-state index >= 15 is 0 Å². The van der Waals surface area contributed by atoms with Gasteiger partial charge in [0.1, 0.15) is 5.65 Å². The number of benzene rings is 2. The van der Waals surface area contributed by atoms with E-state index in [1.807, 2.05) is 42.5 Å². The van der Waals surface area contributed by atoms with E-state index in [1.54, 1.807) is 0 Å². The molecule has 0 fully saturated rings. The van der Waals surface area contributed by atoms with Crippen LogP contribution >= 0.6 is 0 Å². The van der Waals surface area contributed by atoms with Gasteiger partial charge in [-0.05, 0) is 24.3 Å². The molecule has 0 aliphatic heterocycles. The van der Waals surface area contributed by atoms with Crippen molar-refractivity contribution < 1.29 is 0 Å². The molecule has 2 aromatic carbocycles. The van der Waals surface area contributed by atoms with Crippen molar-refractivity contribution in [1.29, 1.82) is 0 Å². The smallest absolute Gasteiger partial charge is 0.258 e. The van der Waals surface area contributed by atoms with E-state index in [0.717, 1.165) is 22.1 Å². The summed E-state index contributed by atoms with van der Waals surface area (Å²) in [6.45, 7) is 0. The van der Waals surface area contributed by atoms with Crippen LogP contribution in [0.1, 0.15) is 0 Å². The highest BCUT2D eigenvalue weighted by molar-refractivity contribution is 5.92. The van der Waals surface area contributed by atoms with Gasteiger partial charge in [0.25, 0.3) is 5.56 Å². The number of H-pyrrole nitrogens is 1. The van der Waals surface area contributed by atoms with Crippen molar-refractivity contribution in [2.24, 2.45) is 0 Å². The average molecular weight is 234 g/mol. The Kier molecular flexibility index (Phi) is 1.70. The molecule has 0 bridgehead atoms. The third-order valence-corrected chi connectivity index (χ3v) is 3.34. The standard InChI is InChI=1S/C15H10N2O/c18-15-11-6-2-4-8-13(11)17-12-7-3-1-5-10(12)9-14(17)16-15/h1-9H,(H,16,18). The minimum Gasteiger partial charge on any atom is -0.308 e. The molecular formula is C15H10N2O. The van der Waals surface area contributed by atoms with Gasteiger partial charge >= 0.3 is 0 Å². The molecule has 3 heteroatoms. The molecule has 2 aromatic heterocycles. The maximum Gasteiger partial charge on any atom is 0.258 e. The molecule has 4 aromatic rings. The fourth-order valence-electron chi connectivity index (χ4n) is 2.55. The molecule has 0 saturated carbocycles. The maximum absolute atomic E-state index is 12.0. The maximum atomic E-state index is 12.0. The SMILES string of the molecule is O=c1[nH]c2cc3ccccc3n2c2ccccc12. The Morgan fingerprint density at radius 1 is 0.889 bits per heavy atom. The molecule has 86 valence electrons. The second-order valence-electron chi connectivity index (χ2n) is 4.40. The van der Waals surface area contributed by atoms with Gasteiger partial charge in [0.05, 0.1) is 16.4 Å². The van der Waals surface area contributed by atoms with E-state index in [0.29, 0.717) is 5.39 Å². The molecular weight excluding hydrogens is 224 g/mol. The Morgan fingerprint density at radius 2 is 1.61 bits per heavy atom. The van der Waals surface area contributed by atoms with Crippen LogP contribution in [0.3, 0.4) is 0 Å². The van der Waals surface area contributed by atoms with Crippen LogP contribution in [-0.2, 0) is 0 Å². The Morgan fingerprint density at radius 3 is 2.50 bits per heavy atom. The van der Waals surface area contributed by atoms with Gasteiger partial charge in [-0.2, -0.15) is 0 Å². The summed E-state index contributed by atoms with van der Waals surface area (Å²) in [6, 6.07) is 17.8. The summed E-state index contributed by atoms with van der Waals surface area (Å²) >= 11 is 0. The number of nitrogens with zero attached hydrogens (tertiary/aromatic N) is 1. The van der Waals surface area contributed by atoms with Crippen LogP contribution in [0.5, 0.6) is 0 Å². The van der Waals surface area contributed by atoms with Gasteiger partial charge in [-0.1, -0.05) is 30.3 Å². The van der Waals surface area contributed by atoms with Crippen LogP contribution in [0.4, 0.5) is 0 Å². The van der Waals surface area contributed by atoms with Crippen molar-refractivity contribution in [3.05, 3.63) is 65.0 Å². The average Bonchev–Trinajstić information content (AvgIpc) is 2.77. The van der Waals surface area contributed by atoms with Gasteiger partial charge in [0.15, 0.2) is 0 Å². The monoisotopic (exact) mass is 234 g/mol. The highest BCUT2D eigenvalue weighted by Crippen LogP contribution is 2.22. The van der Waals surface area contributed by atoms with Gasteiger partial charge in [0.2, 0.25) is 0 Å². The molecule has 0 atom stereocenters. The van der Waals surface area contributed by atoms with Gasteiger partial charge in [0, 0.05) is 5.39 Å². The highest BCUT2D eigenvalue weighted by Gasteiger charge is 2.07. The van der Waals surface area contributed by atoms with Crippen LogP contribution in [0.25, 0.3) is 27.5 Å². The van der Waals surface area contributed by atoms with Crippen molar-refractivity contribution in [2.75, 3.05) is 0 Å². The third-order valence-electron chi connectivity index (χ3n) is 3.34. The normalized spacial score (nSPS) is 11.6. The first-order chi connectivity index (χ1) is 8.84. The lowest BCUT2D eigenvalue weighted by Crippen LogP contribution is -2.08. The molecule has 0 saturated heterocycles. The van der Waals surface area contributed by atoms with Gasteiger partial charge in [-0.3, -0.25) is 9.20 Å². The van der Waals surface area contributed by atoms with Crippen molar-refractivity contribution in [1.82, 2.24) is 9.38 Å². The minimum atomic E-state index is -0.0408. The molecule has 4 rings (SSSR count). The number of rotatable bonds is 0. The molecule has 0 amide bonds.